The van der Waals surface area contributed by atoms with Crippen molar-refractivity contribution in [2.24, 2.45) is 0 Å². The van der Waals surface area contributed by atoms with E-state index in [-0.39, 0.29) is 21.5 Å². The lowest BCUT2D eigenvalue weighted by atomic mass is 10.3. The molecule has 20 heavy (non-hydrogen) atoms. The Kier molecular flexibility index (Phi) is 4.61. The van der Waals surface area contributed by atoms with Crippen LogP contribution in [0.2, 0.25) is 10.0 Å². The van der Waals surface area contributed by atoms with Crippen LogP contribution in [0.15, 0.2) is 48.5 Å². The molecular formula is C14H8Cl2O4. The van der Waals surface area contributed by atoms with Gasteiger partial charge in [0.1, 0.15) is 11.5 Å². The number of carbonyl (C=O) groups is 2. The predicted octanol–water partition coefficient (Wildman–Crippen LogP) is 3.50. The van der Waals surface area contributed by atoms with E-state index in [0.29, 0.717) is 0 Å². The van der Waals surface area contributed by atoms with Crippen LogP contribution in [0.4, 0.5) is 0 Å². The molecule has 2 aromatic rings. The highest BCUT2D eigenvalue weighted by Gasteiger charge is 2.21. The number of hydrogen-bond acceptors (Lipinski definition) is 4. The van der Waals surface area contributed by atoms with Gasteiger partial charge in [0.25, 0.3) is 0 Å². The molecule has 0 saturated carbocycles. The van der Waals surface area contributed by atoms with E-state index in [1.165, 1.54) is 24.3 Å². The third kappa shape index (κ3) is 3.50. The highest BCUT2D eigenvalue weighted by atomic mass is 35.5. The Bertz CT molecular complexity index is 598. The topological polar surface area (TPSA) is 52.6 Å². The van der Waals surface area contributed by atoms with Crippen LogP contribution in [0.3, 0.4) is 0 Å². The Morgan fingerprint density at radius 2 is 1.05 bits per heavy atom. The number of para-hydroxylation sites is 2. The summed E-state index contributed by atoms with van der Waals surface area (Å²) in [4.78, 5) is 23.2. The minimum absolute atomic E-state index is 0.0790. The molecule has 0 atom stereocenters. The fourth-order valence-corrected chi connectivity index (χ4v) is 1.69. The van der Waals surface area contributed by atoms with Crippen LogP contribution in [-0.2, 0) is 9.59 Å². The minimum atomic E-state index is -1.18. The van der Waals surface area contributed by atoms with Crippen molar-refractivity contribution in [2.75, 3.05) is 0 Å². The molecule has 0 saturated heterocycles. The zero-order valence-corrected chi connectivity index (χ0v) is 11.5. The first-order chi connectivity index (χ1) is 9.58. The number of halogens is 2. The molecule has 4 nitrogen and oxygen atoms in total. The summed E-state index contributed by atoms with van der Waals surface area (Å²) < 4.78 is 9.66. The summed E-state index contributed by atoms with van der Waals surface area (Å²) in [6.07, 6.45) is 0. The Labute approximate surface area is 124 Å². The maximum absolute atomic E-state index is 11.6. The maximum atomic E-state index is 11.6. The van der Waals surface area contributed by atoms with Gasteiger partial charge >= 0.3 is 11.9 Å². The van der Waals surface area contributed by atoms with E-state index in [1.54, 1.807) is 24.3 Å². The Morgan fingerprint density at radius 3 is 1.40 bits per heavy atom. The summed E-state index contributed by atoms with van der Waals surface area (Å²) in [6.45, 7) is 0. The van der Waals surface area contributed by atoms with Gasteiger partial charge in [-0.3, -0.25) is 0 Å². The van der Waals surface area contributed by atoms with Gasteiger partial charge in [0.2, 0.25) is 0 Å². The van der Waals surface area contributed by atoms with Crippen molar-refractivity contribution in [3.63, 3.8) is 0 Å². The van der Waals surface area contributed by atoms with Crippen molar-refractivity contribution in [3.8, 4) is 11.5 Å². The fraction of sp³-hybridized carbons (Fsp3) is 0. The van der Waals surface area contributed by atoms with Crippen molar-refractivity contribution in [1.29, 1.82) is 0 Å². The van der Waals surface area contributed by atoms with Gasteiger partial charge in [-0.1, -0.05) is 47.5 Å². The first kappa shape index (κ1) is 14.4. The molecule has 0 bridgehead atoms. The first-order valence-corrected chi connectivity index (χ1v) is 6.26. The SMILES string of the molecule is O=C(Oc1ccccc1Cl)C(=O)Oc1ccccc1Cl. The molecule has 102 valence electrons. The van der Waals surface area contributed by atoms with Gasteiger partial charge in [-0.25, -0.2) is 9.59 Å². The number of esters is 2. The molecule has 0 N–H and O–H groups in total. The molecule has 0 unspecified atom stereocenters. The van der Waals surface area contributed by atoms with Crippen molar-refractivity contribution >= 4 is 35.1 Å². The van der Waals surface area contributed by atoms with Gasteiger partial charge in [-0.15, -0.1) is 0 Å². The molecule has 0 aromatic heterocycles. The Morgan fingerprint density at radius 1 is 0.700 bits per heavy atom. The van der Waals surface area contributed by atoms with E-state index in [4.69, 9.17) is 32.7 Å². The molecule has 0 aliphatic carbocycles. The molecule has 0 radical (unpaired) electrons. The van der Waals surface area contributed by atoms with Crippen molar-refractivity contribution in [3.05, 3.63) is 58.6 Å². The first-order valence-electron chi connectivity index (χ1n) is 5.51. The summed E-state index contributed by atoms with van der Waals surface area (Å²) in [5, 5.41) is 0.429. The summed E-state index contributed by atoms with van der Waals surface area (Å²) in [7, 11) is 0. The van der Waals surface area contributed by atoms with E-state index < -0.39 is 11.9 Å². The van der Waals surface area contributed by atoms with Crippen LogP contribution in [-0.4, -0.2) is 11.9 Å². The lowest BCUT2D eigenvalue weighted by Gasteiger charge is -2.06. The van der Waals surface area contributed by atoms with Crippen LogP contribution in [0.25, 0.3) is 0 Å². The van der Waals surface area contributed by atoms with Crippen LogP contribution >= 0.6 is 23.2 Å². The molecular weight excluding hydrogens is 303 g/mol. The Balaban J connectivity index is 2.05. The van der Waals surface area contributed by atoms with E-state index in [0.717, 1.165) is 0 Å². The number of benzene rings is 2. The highest BCUT2D eigenvalue weighted by Crippen LogP contribution is 2.25. The van der Waals surface area contributed by atoms with Gasteiger partial charge < -0.3 is 9.47 Å². The van der Waals surface area contributed by atoms with Gasteiger partial charge in [-0.2, -0.15) is 0 Å². The average Bonchev–Trinajstić information content (AvgIpc) is 2.43. The van der Waals surface area contributed by atoms with E-state index in [1.807, 2.05) is 0 Å². The second kappa shape index (κ2) is 6.41. The normalized spacial score (nSPS) is 9.90. The van der Waals surface area contributed by atoms with E-state index >= 15 is 0 Å². The average molecular weight is 311 g/mol. The molecule has 0 heterocycles. The number of ether oxygens (including phenoxy) is 2. The molecule has 0 amide bonds. The monoisotopic (exact) mass is 310 g/mol. The lowest BCUT2D eigenvalue weighted by Crippen LogP contribution is -2.25. The molecule has 0 spiro atoms. The van der Waals surface area contributed by atoms with Gasteiger partial charge in [-0.05, 0) is 24.3 Å². The third-order valence-corrected chi connectivity index (χ3v) is 2.87. The zero-order chi connectivity index (χ0) is 14.5. The van der Waals surface area contributed by atoms with Gasteiger partial charge in [0.05, 0.1) is 10.0 Å². The fourth-order valence-electron chi connectivity index (χ4n) is 1.34. The zero-order valence-electron chi connectivity index (χ0n) is 10.0. The largest absolute Gasteiger partial charge is 0.423 e. The van der Waals surface area contributed by atoms with E-state index in [9.17, 15) is 9.59 Å². The summed E-state index contributed by atoms with van der Waals surface area (Å²) >= 11 is 11.6. The molecule has 2 aromatic carbocycles. The number of carbonyl (C=O) groups excluding carboxylic acids is 2. The standard InChI is InChI=1S/C14H8Cl2O4/c15-9-5-1-3-7-11(9)19-13(17)14(18)20-12-8-4-2-6-10(12)16/h1-8H. The van der Waals surface area contributed by atoms with Crippen LogP contribution in [0.5, 0.6) is 11.5 Å². The Hall–Kier alpha value is -2.04. The van der Waals surface area contributed by atoms with Gasteiger partial charge in [0.15, 0.2) is 0 Å². The predicted molar refractivity (Wildman–Crippen MR) is 74.2 cm³/mol. The van der Waals surface area contributed by atoms with Crippen LogP contribution < -0.4 is 9.47 Å². The number of hydrogen-bond donors (Lipinski definition) is 0. The second-order valence-electron chi connectivity index (χ2n) is 3.64. The highest BCUT2D eigenvalue weighted by molar-refractivity contribution is 6.35. The quantitative estimate of drug-likeness (QED) is 0.484. The molecule has 0 fully saturated rings. The minimum Gasteiger partial charge on any atom is -0.416 e. The van der Waals surface area contributed by atoms with Crippen LogP contribution in [0, 0.1) is 0 Å². The van der Waals surface area contributed by atoms with Crippen LogP contribution in [0.1, 0.15) is 0 Å². The third-order valence-electron chi connectivity index (χ3n) is 2.25. The maximum Gasteiger partial charge on any atom is 0.423 e. The lowest BCUT2D eigenvalue weighted by molar-refractivity contribution is -0.156. The second-order valence-corrected chi connectivity index (χ2v) is 4.45. The van der Waals surface area contributed by atoms with Crippen molar-refractivity contribution < 1.29 is 19.1 Å². The van der Waals surface area contributed by atoms with Gasteiger partial charge in [0, 0.05) is 0 Å². The molecule has 0 aliphatic rings. The van der Waals surface area contributed by atoms with Crippen molar-refractivity contribution in [2.45, 2.75) is 0 Å². The molecule has 0 aliphatic heterocycles. The van der Waals surface area contributed by atoms with E-state index in [2.05, 4.69) is 0 Å². The number of rotatable bonds is 2. The summed E-state index contributed by atoms with van der Waals surface area (Å²) in [5.41, 5.74) is 0. The molecule has 2 rings (SSSR count). The smallest absolute Gasteiger partial charge is 0.416 e. The summed E-state index contributed by atoms with van der Waals surface area (Å²) in [5.74, 6) is -2.21. The molecule has 6 heteroatoms. The van der Waals surface area contributed by atoms with Crippen molar-refractivity contribution in [1.82, 2.24) is 0 Å². The summed E-state index contributed by atoms with van der Waals surface area (Å²) in [6, 6.07) is 12.6.